The number of rotatable bonds is 7. The number of benzene rings is 2. The zero-order valence-corrected chi connectivity index (χ0v) is 14.8. The number of alkyl halides is 3. The topological polar surface area (TPSA) is 47.6 Å². The molecule has 0 heterocycles. The van der Waals surface area contributed by atoms with Crippen molar-refractivity contribution in [1.82, 2.24) is 5.32 Å². The lowest BCUT2D eigenvalue weighted by Gasteiger charge is -2.10. The number of nitrogens with one attached hydrogen (secondary N) is 1. The molecule has 2 rings (SSSR count). The average molecular weight is 408 g/mol. The fraction of sp³-hybridized carbons (Fsp3) is 0.235. The van der Waals surface area contributed by atoms with Crippen LogP contribution in [0.15, 0.2) is 42.5 Å². The first kappa shape index (κ1) is 20.2. The highest BCUT2D eigenvalue weighted by Gasteiger charge is 2.28. The minimum absolute atomic E-state index is 0.0975. The standard InChI is InChI=1S/C17H14Cl2F3NO3/c18-14-6-5-13(7-15(14)19)25-9-16(24)23-8-11-1-3-12(4-2-11)26-10-17(20,21)22/h1-7H,8-10H2,(H,23,24). The number of halogens is 5. The van der Waals surface area contributed by atoms with Crippen molar-refractivity contribution in [2.75, 3.05) is 13.2 Å². The molecule has 26 heavy (non-hydrogen) atoms. The molecule has 0 aliphatic carbocycles. The van der Waals surface area contributed by atoms with Crippen molar-refractivity contribution in [2.45, 2.75) is 12.7 Å². The third-order valence-electron chi connectivity index (χ3n) is 3.08. The van der Waals surface area contributed by atoms with Gasteiger partial charge >= 0.3 is 6.18 Å². The van der Waals surface area contributed by atoms with Crippen LogP contribution in [-0.4, -0.2) is 25.3 Å². The number of carbonyl (C=O) groups is 1. The van der Waals surface area contributed by atoms with E-state index >= 15 is 0 Å². The lowest BCUT2D eigenvalue weighted by molar-refractivity contribution is -0.153. The first-order valence-corrected chi connectivity index (χ1v) is 8.11. The Hall–Kier alpha value is -2.12. The number of hydrogen-bond donors (Lipinski definition) is 1. The SMILES string of the molecule is O=C(COc1ccc(Cl)c(Cl)c1)NCc1ccc(OCC(F)(F)F)cc1. The molecule has 9 heteroatoms. The molecule has 0 spiro atoms. The summed E-state index contributed by atoms with van der Waals surface area (Å²) in [6.07, 6.45) is -4.39. The Kier molecular flexibility index (Phi) is 6.99. The van der Waals surface area contributed by atoms with E-state index in [9.17, 15) is 18.0 Å². The second-order valence-corrected chi connectivity index (χ2v) is 6.00. The maximum atomic E-state index is 12.1. The fourth-order valence-electron chi connectivity index (χ4n) is 1.84. The molecular formula is C17H14Cl2F3NO3. The van der Waals surface area contributed by atoms with Gasteiger partial charge in [-0.2, -0.15) is 13.2 Å². The Morgan fingerprint density at radius 1 is 0.962 bits per heavy atom. The van der Waals surface area contributed by atoms with Crippen LogP contribution in [0, 0.1) is 0 Å². The predicted molar refractivity (Wildman–Crippen MR) is 91.8 cm³/mol. The quantitative estimate of drug-likeness (QED) is 0.727. The van der Waals surface area contributed by atoms with Gasteiger partial charge in [0.2, 0.25) is 0 Å². The van der Waals surface area contributed by atoms with Gasteiger partial charge in [-0.15, -0.1) is 0 Å². The summed E-state index contributed by atoms with van der Waals surface area (Å²) in [5, 5.41) is 3.32. The summed E-state index contributed by atoms with van der Waals surface area (Å²) >= 11 is 11.6. The molecule has 0 aromatic heterocycles. The molecule has 0 unspecified atom stereocenters. The Labute approximate surface area is 157 Å². The molecule has 0 fully saturated rings. The molecule has 0 aliphatic rings. The normalized spacial score (nSPS) is 11.1. The zero-order valence-electron chi connectivity index (χ0n) is 13.3. The van der Waals surface area contributed by atoms with Gasteiger partial charge in [0.05, 0.1) is 10.0 Å². The van der Waals surface area contributed by atoms with Crippen LogP contribution in [0.3, 0.4) is 0 Å². The van der Waals surface area contributed by atoms with Crippen molar-refractivity contribution in [3.8, 4) is 11.5 Å². The first-order valence-electron chi connectivity index (χ1n) is 7.36. The highest BCUT2D eigenvalue weighted by atomic mass is 35.5. The van der Waals surface area contributed by atoms with Crippen LogP contribution < -0.4 is 14.8 Å². The smallest absolute Gasteiger partial charge is 0.422 e. The van der Waals surface area contributed by atoms with Gasteiger partial charge in [-0.3, -0.25) is 4.79 Å². The molecule has 4 nitrogen and oxygen atoms in total. The van der Waals surface area contributed by atoms with E-state index in [0.717, 1.165) is 0 Å². The molecule has 2 aromatic rings. The molecule has 0 aliphatic heterocycles. The van der Waals surface area contributed by atoms with Gasteiger partial charge in [0.1, 0.15) is 11.5 Å². The molecule has 0 saturated carbocycles. The van der Waals surface area contributed by atoms with E-state index in [1.807, 2.05) is 0 Å². The Morgan fingerprint density at radius 2 is 1.62 bits per heavy atom. The molecular weight excluding hydrogens is 394 g/mol. The average Bonchev–Trinajstić information content (AvgIpc) is 2.59. The van der Waals surface area contributed by atoms with Crippen molar-refractivity contribution < 1.29 is 27.4 Å². The molecule has 1 N–H and O–H groups in total. The van der Waals surface area contributed by atoms with E-state index in [-0.39, 0.29) is 24.8 Å². The van der Waals surface area contributed by atoms with E-state index in [2.05, 4.69) is 10.1 Å². The Morgan fingerprint density at radius 3 is 2.23 bits per heavy atom. The third-order valence-corrected chi connectivity index (χ3v) is 3.82. The fourth-order valence-corrected chi connectivity index (χ4v) is 2.12. The van der Waals surface area contributed by atoms with Crippen LogP contribution >= 0.6 is 23.2 Å². The summed E-state index contributed by atoms with van der Waals surface area (Å²) in [4.78, 5) is 11.8. The van der Waals surface area contributed by atoms with Crippen LogP contribution in [0.1, 0.15) is 5.56 Å². The van der Waals surface area contributed by atoms with Crippen molar-refractivity contribution in [3.05, 3.63) is 58.1 Å². The van der Waals surface area contributed by atoms with Crippen molar-refractivity contribution in [3.63, 3.8) is 0 Å². The summed E-state index contributed by atoms with van der Waals surface area (Å²) < 4.78 is 46.1. The van der Waals surface area contributed by atoms with E-state index in [1.54, 1.807) is 24.3 Å². The van der Waals surface area contributed by atoms with Gasteiger partial charge in [-0.05, 0) is 29.8 Å². The van der Waals surface area contributed by atoms with Gasteiger partial charge in [0.25, 0.3) is 5.91 Å². The summed E-state index contributed by atoms with van der Waals surface area (Å²) in [6, 6.07) is 10.6. The zero-order chi connectivity index (χ0) is 19.2. The van der Waals surface area contributed by atoms with Crippen molar-refractivity contribution >= 4 is 29.1 Å². The number of carbonyl (C=O) groups excluding carboxylic acids is 1. The molecule has 2 aromatic carbocycles. The number of ether oxygens (including phenoxy) is 2. The van der Waals surface area contributed by atoms with E-state index in [0.29, 0.717) is 21.4 Å². The van der Waals surface area contributed by atoms with Crippen molar-refractivity contribution in [2.24, 2.45) is 0 Å². The Bertz CT molecular complexity index is 752. The van der Waals surface area contributed by atoms with Crippen molar-refractivity contribution in [1.29, 1.82) is 0 Å². The molecule has 0 bridgehead atoms. The maximum absolute atomic E-state index is 12.1. The molecule has 1 amide bonds. The molecule has 140 valence electrons. The van der Waals surface area contributed by atoms with Gasteiger partial charge < -0.3 is 14.8 Å². The lowest BCUT2D eigenvalue weighted by Crippen LogP contribution is -2.28. The molecule has 0 saturated heterocycles. The summed E-state index contributed by atoms with van der Waals surface area (Å²) in [7, 11) is 0. The lowest BCUT2D eigenvalue weighted by atomic mass is 10.2. The third kappa shape index (κ3) is 7.01. The molecule has 0 atom stereocenters. The molecule has 0 radical (unpaired) electrons. The van der Waals surface area contributed by atoms with Crippen LogP contribution in [-0.2, 0) is 11.3 Å². The van der Waals surface area contributed by atoms with Gasteiger partial charge in [0, 0.05) is 12.6 Å². The minimum Gasteiger partial charge on any atom is -0.484 e. The second kappa shape index (κ2) is 9.00. The monoisotopic (exact) mass is 407 g/mol. The highest BCUT2D eigenvalue weighted by molar-refractivity contribution is 6.42. The largest absolute Gasteiger partial charge is 0.484 e. The number of amides is 1. The van der Waals surface area contributed by atoms with Gasteiger partial charge in [-0.25, -0.2) is 0 Å². The second-order valence-electron chi connectivity index (χ2n) is 5.19. The summed E-state index contributed by atoms with van der Waals surface area (Å²) in [6.45, 7) is -1.37. The van der Waals surface area contributed by atoms with Crippen LogP contribution in [0.5, 0.6) is 11.5 Å². The highest BCUT2D eigenvalue weighted by Crippen LogP contribution is 2.26. The van der Waals surface area contributed by atoms with E-state index in [1.165, 1.54) is 18.2 Å². The summed E-state index contributed by atoms with van der Waals surface area (Å²) in [5.41, 5.74) is 0.701. The Balaban J connectivity index is 1.75. The minimum atomic E-state index is -4.39. The number of hydrogen-bond acceptors (Lipinski definition) is 3. The van der Waals surface area contributed by atoms with Gasteiger partial charge in [-0.1, -0.05) is 35.3 Å². The van der Waals surface area contributed by atoms with E-state index in [4.69, 9.17) is 27.9 Å². The van der Waals surface area contributed by atoms with Crippen LogP contribution in [0.25, 0.3) is 0 Å². The van der Waals surface area contributed by atoms with Crippen LogP contribution in [0.4, 0.5) is 13.2 Å². The predicted octanol–water partition coefficient (Wildman–Crippen LogP) is 4.63. The van der Waals surface area contributed by atoms with Crippen LogP contribution in [0.2, 0.25) is 10.0 Å². The maximum Gasteiger partial charge on any atom is 0.422 e. The summed E-state index contributed by atoms with van der Waals surface area (Å²) in [5.74, 6) is 0.134. The first-order chi connectivity index (χ1) is 12.2. The van der Waals surface area contributed by atoms with E-state index < -0.39 is 12.8 Å². The van der Waals surface area contributed by atoms with Gasteiger partial charge in [0.15, 0.2) is 13.2 Å².